The lowest BCUT2D eigenvalue weighted by molar-refractivity contribution is -0.119. The van der Waals surface area contributed by atoms with Crippen LogP contribution < -0.4 is 20.1 Å². The second-order valence-electron chi connectivity index (χ2n) is 13.7. The molecule has 4 aromatic rings. The van der Waals surface area contributed by atoms with Gasteiger partial charge in [-0.05, 0) is 68.4 Å². The average Bonchev–Trinajstić information content (AvgIpc) is 3.54. The maximum Gasteiger partial charge on any atom is 0.220 e. The number of carbonyl (C=O) groups excluding carboxylic acids is 1. The van der Waals surface area contributed by atoms with Crippen molar-refractivity contribution in [3.8, 4) is 45.3 Å². The topological polar surface area (TPSA) is 109 Å². The zero-order valence-corrected chi connectivity index (χ0v) is 30.0. The lowest BCUT2D eigenvalue weighted by Crippen LogP contribution is -2.41. The molecule has 262 valence electrons. The molecule has 2 aliphatic heterocycles. The predicted octanol–water partition coefficient (Wildman–Crippen LogP) is 6.83. The standard InChI is InChI=1S/C39H43Cl2N5O4/c1-49-33-20-26(19-24-12-17-46(23-31(24)33)18-15-39(48)13-4-14-39)37-36(41)29(11-16-43-37)28-5-3-6-30(35(28)40)32-9-7-25(38(45-32)50-2)21-42-22-27-8-10-34(47)44-27/h3,5-7,9,11,16,19-20,27,42,48H,4,8,10,12-15,17-18,21-23H2,1-2H3,(H,44,47)/t27-/m1/s1. The highest BCUT2D eigenvalue weighted by Gasteiger charge is 2.35. The summed E-state index contributed by atoms with van der Waals surface area (Å²) in [6.45, 7) is 3.83. The van der Waals surface area contributed by atoms with Crippen LogP contribution in [0.4, 0.5) is 0 Å². The number of fused-ring (bicyclic) bond motifs is 1. The normalized spacial score (nSPS) is 18.3. The Labute approximate surface area is 303 Å². The van der Waals surface area contributed by atoms with Gasteiger partial charge in [0.25, 0.3) is 0 Å². The van der Waals surface area contributed by atoms with Gasteiger partial charge >= 0.3 is 0 Å². The van der Waals surface area contributed by atoms with Crippen LogP contribution in [0.15, 0.2) is 54.7 Å². The number of aromatic nitrogens is 2. The highest BCUT2D eigenvalue weighted by molar-refractivity contribution is 6.39. The number of halogens is 2. The molecule has 3 aliphatic rings. The molecule has 11 heteroatoms. The number of ether oxygens (including phenoxy) is 2. The fourth-order valence-corrected chi connectivity index (χ4v) is 7.98. The molecule has 1 saturated carbocycles. The summed E-state index contributed by atoms with van der Waals surface area (Å²) in [5.74, 6) is 1.43. The monoisotopic (exact) mass is 715 g/mol. The summed E-state index contributed by atoms with van der Waals surface area (Å²) in [6, 6.07) is 16.0. The molecular weight excluding hydrogens is 673 g/mol. The van der Waals surface area contributed by atoms with Crippen molar-refractivity contribution in [3.63, 3.8) is 0 Å². The van der Waals surface area contributed by atoms with Crippen LogP contribution >= 0.6 is 23.2 Å². The van der Waals surface area contributed by atoms with Gasteiger partial charge in [-0.15, -0.1) is 0 Å². The number of aliphatic hydroxyl groups is 1. The Morgan fingerprint density at radius 2 is 1.86 bits per heavy atom. The van der Waals surface area contributed by atoms with Crippen LogP contribution in [0.25, 0.3) is 33.6 Å². The van der Waals surface area contributed by atoms with E-state index in [4.69, 9.17) is 42.6 Å². The molecule has 2 aromatic heterocycles. The van der Waals surface area contributed by atoms with Crippen LogP contribution in [0.2, 0.25) is 10.0 Å². The first-order chi connectivity index (χ1) is 24.2. The van der Waals surface area contributed by atoms with Crippen molar-refractivity contribution in [2.24, 2.45) is 0 Å². The van der Waals surface area contributed by atoms with E-state index in [0.717, 1.165) is 91.7 Å². The Hall–Kier alpha value is -3.73. The van der Waals surface area contributed by atoms with E-state index in [0.29, 0.717) is 46.8 Å². The van der Waals surface area contributed by atoms with E-state index in [1.807, 2.05) is 42.5 Å². The molecule has 0 spiro atoms. The number of amides is 1. The molecule has 9 nitrogen and oxygen atoms in total. The smallest absolute Gasteiger partial charge is 0.220 e. The number of carbonyl (C=O) groups is 1. The third-order valence-corrected chi connectivity index (χ3v) is 11.2. The van der Waals surface area contributed by atoms with E-state index >= 15 is 0 Å². The van der Waals surface area contributed by atoms with E-state index in [2.05, 4.69) is 21.6 Å². The molecule has 1 saturated heterocycles. The number of nitrogens with zero attached hydrogens (tertiary/aromatic N) is 3. The predicted molar refractivity (Wildman–Crippen MR) is 197 cm³/mol. The zero-order chi connectivity index (χ0) is 34.8. The summed E-state index contributed by atoms with van der Waals surface area (Å²) in [4.78, 5) is 23.5. The zero-order valence-electron chi connectivity index (χ0n) is 28.5. The van der Waals surface area contributed by atoms with Gasteiger partial charge in [0.15, 0.2) is 0 Å². The molecule has 0 radical (unpaired) electrons. The first-order valence-electron chi connectivity index (χ1n) is 17.4. The van der Waals surface area contributed by atoms with E-state index in [1.54, 1.807) is 20.4 Å². The lowest BCUT2D eigenvalue weighted by Gasteiger charge is -2.39. The molecule has 3 N–H and O–H groups in total. The Morgan fingerprint density at radius 3 is 2.60 bits per heavy atom. The molecule has 2 aromatic carbocycles. The van der Waals surface area contributed by atoms with E-state index in [-0.39, 0.29) is 11.9 Å². The number of nitrogens with one attached hydrogen (secondary N) is 2. The number of rotatable bonds is 12. The van der Waals surface area contributed by atoms with Gasteiger partial charge in [-0.3, -0.25) is 14.7 Å². The Kier molecular flexibility index (Phi) is 10.3. The van der Waals surface area contributed by atoms with Crippen molar-refractivity contribution in [2.75, 3.05) is 33.9 Å². The largest absolute Gasteiger partial charge is 0.496 e. The Balaban J connectivity index is 1.12. The van der Waals surface area contributed by atoms with Crippen molar-refractivity contribution in [3.05, 3.63) is 81.5 Å². The summed E-state index contributed by atoms with van der Waals surface area (Å²) >= 11 is 14.3. The number of pyridine rings is 2. The number of hydrogen-bond acceptors (Lipinski definition) is 8. The van der Waals surface area contributed by atoms with Crippen molar-refractivity contribution in [1.82, 2.24) is 25.5 Å². The van der Waals surface area contributed by atoms with Gasteiger partial charge in [0.2, 0.25) is 11.8 Å². The summed E-state index contributed by atoms with van der Waals surface area (Å²) < 4.78 is 11.6. The van der Waals surface area contributed by atoms with Gasteiger partial charge in [-0.2, -0.15) is 0 Å². The highest BCUT2D eigenvalue weighted by Crippen LogP contribution is 2.43. The fraction of sp³-hybridized carbons (Fsp3) is 0.410. The average molecular weight is 717 g/mol. The summed E-state index contributed by atoms with van der Waals surface area (Å²) in [7, 11) is 3.31. The SMILES string of the molecule is COc1cc(-c2nccc(-c3cccc(-c4ccc(CNC[C@H]5CCC(=O)N5)c(OC)n4)c3Cl)c2Cl)cc2c1CN(CCC1(O)CCC1)CC2. The van der Waals surface area contributed by atoms with E-state index in [1.165, 1.54) is 11.1 Å². The van der Waals surface area contributed by atoms with Crippen LogP contribution in [0.1, 0.15) is 55.2 Å². The first kappa shape index (κ1) is 34.7. The van der Waals surface area contributed by atoms with E-state index in [9.17, 15) is 9.90 Å². The van der Waals surface area contributed by atoms with Crippen molar-refractivity contribution in [1.29, 1.82) is 0 Å². The molecule has 7 rings (SSSR count). The lowest BCUT2D eigenvalue weighted by atomic mass is 9.78. The number of methoxy groups -OCH3 is 2. The summed E-state index contributed by atoms with van der Waals surface area (Å²) in [5, 5.41) is 18.0. The second kappa shape index (κ2) is 14.9. The van der Waals surface area contributed by atoms with Gasteiger partial charge in [0, 0.05) is 84.8 Å². The van der Waals surface area contributed by atoms with Crippen molar-refractivity contribution < 1.29 is 19.4 Å². The second-order valence-corrected chi connectivity index (χ2v) is 14.4. The Bertz CT molecular complexity index is 1880. The molecule has 0 unspecified atom stereocenters. The third-order valence-electron chi connectivity index (χ3n) is 10.4. The minimum Gasteiger partial charge on any atom is -0.496 e. The first-order valence-corrected chi connectivity index (χ1v) is 18.1. The van der Waals surface area contributed by atoms with Crippen molar-refractivity contribution >= 4 is 29.1 Å². The van der Waals surface area contributed by atoms with Crippen LogP contribution in [-0.4, -0.2) is 71.4 Å². The van der Waals surface area contributed by atoms with Gasteiger partial charge in [-0.25, -0.2) is 4.98 Å². The quantitative estimate of drug-likeness (QED) is 0.147. The van der Waals surface area contributed by atoms with Gasteiger partial charge in [-0.1, -0.05) is 47.5 Å². The molecule has 0 bridgehead atoms. The molecule has 1 aliphatic carbocycles. The van der Waals surface area contributed by atoms with Crippen LogP contribution in [-0.2, 0) is 24.3 Å². The molecule has 1 atom stereocenters. The fourth-order valence-electron chi connectivity index (χ4n) is 7.33. The minimum absolute atomic E-state index is 0.103. The number of benzene rings is 2. The van der Waals surface area contributed by atoms with Gasteiger partial charge in [0.1, 0.15) is 5.75 Å². The van der Waals surface area contributed by atoms with E-state index < -0.39 is 5.60 Å². The molecular formula is C39H43Cl2N5O4. The van der Waals surface area contributed by atoms with Crippen LogP contribution in [0, 0.1) is 0 Å². The minimum atomic E-state index is -0.479. The molecule has 2 fully saturated rings. The van der Waals surface area contributed by atoms with Gasteiger partial charge < -0.3 is 25.2 Å². The number of hydrogen-bond donors (Lipinski definition) is 3. The molecule has 1 amide bonds. The van der Waals surface area contributed by atoms with Crippen molar-refractivity contribution in [2.45, 2.75) is 69.7 Å². The maximum atomic E-state index is 11.5. The molecule has 4 heterocycles. The summed E-state index contributed by atoms with van der Waals surface area (Å²) in [5.41, 5.74) is 7.38. The molecule has 50 heavy (non-hydrogen) atoms. The van der Waals surface area contributed by atoms with Gasteiger partial charge in [0.05, 0.1) is 41.3 Å². The van der Waals surface area contributed by atoms with Crippen LogP contribution in [0.5, 0.6) is 11.6 Å². The highest BCUT2D eigenvalue weighted by atomic mass is 35.5. The Morgan fingerprint density at radius 1 is 1.04 bits per heavy atom. The third kappa shape index (κ3) is 7.20. The maximum absolute atomic E-state index is 11.5. The summed E-state index contributed by atoms with van der Waals surface area (Å²) in [6.07, 6.45) is 7.82. The van der Waals surface area contributed by atoms with Crippen LogP contribution in [0.3, 0.4) is 0 Å².